The lowest BCUT2D eigenvalue weighted by Gasteiger charge is -2.21. The van der Waals surface area contributed by atoms with Gasteiger partial charge in [0.1, 0.15) is 0 Å². The molecule has 0 saturated carbocycles. The van der Waals surface area contributed by atoms with Crippen molar-refractivity contribution in [1.82, 2.24) is 10.3 Å². The van der Waals surface area contributed by atoms with Gasteiger partial charge in [0.25, 0.3) is 0 Å². The maximum absolute atomic E-state index is 13.1. The van der Waals surface area contributed by atoms with Crippen molar-refractivity contribution in [2.45, 2.75) is 32.6 Å². The van der Waals surface area contributed by atoms with Crippen LogP contribution >= 0.6 is 0 Å². The second-order valence-corrected chi connectivity index (χ2v) is 8.03. The van der Waals surface area contributed by atoms with E-state index in [0.717, 1.165) is 30.8 Å². The second-order valence-electron chi connectivity index (χ2n) is 8.03. The van der Waals surface area contributed by atoms with Gasteiger partial charge in [0, 0.05) is 36.3 Å². The van der Waals surface area contributed by atoms with Crippen molar-refractivity contribution in [1.29, 1.82) is 0 Å². The van der Waals surface area contributed by atoms with E-state index in [1.807, 2.05) is 19.1 Å². The molecule has 4 rings (SSSR count). The third kappa shape index (κ3) is 4.58. The molecular weight excluding hydrogens is 368 g/mol. The molecule has 0 amide bonds. The van der Waals surface area contributed by atoms with Crippen molar-refractivity contribution in [3.63, 3.8) is 0 Å². The molecule has 2 aromatic carbocycles. The molecule has 3 heteroatoms. The first-order valence-corrected chi connectivity index (χ1v) is 10.6. The Morgan fingerprint density at radius 2 is 1.87 bits per heavy atom. The summed E-state index contributed by atoms with van der Waals surface area (Å²) in [6.45, 7) is 6.00. The number of rotatable bonds is 6. The first kappa shape index (κ1) is 20.2. The summed E-state index contributed by atoms with van der Waals surface area (Å²) in [4.78, 5) is 17.4. The maximum Gasteiger partial charge on any atom is 0.163 e. The van der Waals surface area contributed by atoms with Crippen molar-refractivity contribution < 1.29 is 4.79 Å². The quantitative estimate of drug-likeness (QED) is 0.561. The summed E-state index contributed by atoms with van der Waals surface area (Å²) in [6.07, 6.45) is 5.49. The average Bonchev–Trinajstić information content (AvgIpc) is 2.79. The summed E-state index contributed by atoms with van der Waals surface area (Å²) in [6, 6.07) is 20.9. The normalized spacial score (nSPS) is 14.8. The SMILES string of the molecule is Cc1cc(C(=O)CC(c2ccc(C3=CCNCC3)cc2)c2ccccc2C)ccn1. The zero-order chi connectivity index (χ0) is 20.9. The van der Waals surface area contributed by atoms with Crippen molar-refractivity contribution >= 4 is 11.4 Å². The molecule has 1 N–H and O–H groups in total. The van der Waals surface area contributed by atoms with Gasteiger partial charge in [0.05, 0.1) is 0 Å². The van der Waals surface area contributed by atoms with E-state index in [9.17, 15) is 4.79 Å². The van der Waals surface area contributed by atoms with Crippen LogP contribution in [0.25, 0.3) is 5.57 Å². The van der Waals surface area contributed by atoms with E-state index in [-0.39, 0.29) is 11.7 Å². The monoisotopic (exact) mass is 396 g/mol. The van der Waals surface area contributed by atoms with E-state index in [1.54, 1.807) is 6.20 Å². The minimum atomic E-state index is 0.0308. The molecule has 1 unspecified atom stereocenters. The number of nitrogens with one attached hydrogen (secondary N) is 1. The molecule has 1 aromatic heterocycles. The minimum Gasteiger partial charge on any atom is -0.313 e. The fraction of sp³-hybridized carbons (Fsp3) is 0.259. The van der Waals surface area contributed by atoms with E-state index in [4.69, 9.17) is 0 Å². The zero-order valence-electron chi connectivity index (χ0n) is 17.7. The number of carbonyl (C=O) groups is 1. The highest BCUT2D eigenvalue weighted by atomic mass is 16.1. The lowest BCUT2D eigenvalue weighted by atomic mass is 9.83. The Kier molecular flexibility index (Phi) is 6.20. The molecule has 1 atom stereocenters. The summed E-state index contributed by atoms with van der Waals surface area (Å²) >= 11 is 0. The number of benzene rings is 2. The lowest BCUT2D eigenvalue weighted by molar-refractivity contribution is 0.0977. The molecule has 0 aliphatic carbocycles. The number of Topliss-reactive ketones (excluding diaryl/α,β-unsaturated/α-hetero) is 1. The highest BCUT2D eigenvalue weighted by Crippen LogP contribution is 2.33. The van der Waals surface area contributed by atoms with Crippen LogP contribution in [0.2, 0.25) is 0 Å². The lowest BCUT2D eigenvalue weighted by Crippen LogP contribution is -2.20. The van der Waals surface area contributed by atoms with Gasteiger partial charge in [0.2, 0.25) is 0 Å². The van der Waals surface area contributed by atoms with Gasteiger partial charge in [0.15, 0.2) is 5.78 Å². The van der Waals surface area contributed by atoms with Gasteiger partial charge < -0.3 is 5.32 Å². The van der Waals surface area contributed by atoms with Gasteiger partial charge in [-0.1, -0.05) is 54.6 Å². The van der Waals surface area contributed by atoms with Crippen molar-refractivity contribution in [3.05, 3.63) is 106 Å². The number of aryl methyl sites for hydroxylation is 2. The highest BCUT2D eigenvalue weighted by molar-refractivity contribution is 5.96. The van der Waals surface area contributed by atoms with E-state index >= 15 is 0 Å². The molecule has 152 valence electrons. The van der Waals surface area contributed by atoms with E-state index in [0.29, 0.717) is 6.42 Å². The van der Waals surface area contributed by atoms with Gasteiger partial charge in [-0.05, 0) is 66.8 Å². The summed E-state index contributed by atoms with van der Waals surface area (Å²) in [5, 5.41) is 3.36. The third-order valence-corrected chi connectivity index (χ3v) is 5.92. The topological polar surface area (TPSA) is 42.0 Å². The standard InChI is InChI=1S/C27H28N2O/c1-19-5-3-4-6-25(19)26(18-27(30)24-13-16-29-20(2)17-24)23-9-7-21(8-10-23)22-11-14-28-15-12-22/h3-11,13,16-17,26,28H,12,14-15,18H2,1-2H3. The highest BCUT2D eigenvalue weighted by Gasteiger charge is 2.21. The minimum absolute atomic E-state index is 0.0308. The van der Waals surface area contributed by atoms with Crippen LogP contribution in [-0.2, 0) is 0 Å². The van der Waals surface area contributed by atoms with Crippen LogP contribution in [0.4, 0.5) is 0 Å². The molecular formula is C27H28N2O. The van der Waals surface area contributed by atoms with Crippen molar-refractivity contribution in [3.8, 4) is 0 Å². The first-order chi connectivity index (χ1) is 14.6. The number of aromatic nitrogens is 1. The third-order valence-electron chi connectivity index (χ3n) is 5.92. The molecule has 3 aromatic rings. The number of carbonyl (C=O) groups excluding carboxylic acids is 1. The van der Waals surface area contributed by atoms with Gasteiger partial charge in [-0.2, -0.15) is 0 Å². The van der Waals surface area contributed by atoms with Gasteiger partial charge in [-0.3, -0.25) is 9.78 Å². The second kappa shape index (κ2) is 9.19. The van der Waals surface area contributed by atoms with Gasteiger partial charge in [-0.15, -0.1) is 0 Å². The maximum atomic E-state index is 13.1. The first-order valence-electron chi connectivity index (χ1n) is 10.6. The van der Waals surface area contributed by atoms with Gasteiger partial charge in [-0.25, -0.2) is 0 Å². The fourth-order valence-corrected chi connectivity index (χ4v) is 4.22. The number of hydrogen-bond donors (Lipinski definition) is 1. The Labute approximate surface area is 178 Å². The Morgan fingerprint density at radius 3 is 2.57 bits per heavy atom. The average molecular weight is 397 g/mol. The Morgan fingerprint density at radius 1 is 1.07 bits per heavy atom. The van der Waals surface area contributed by atoms with Crippen LogP contribution in [-0.4, -0.2) is 23.9 Å². The van der Waals surface area contributed by atoms with E-state index < -0.39 is 0 Å². The van der Waals surface area contributed by atoms with Crippen LogP contribution in [0.3, 0.4) is 0 Å². The molecule has 2 heterocycles. The van der Waals surface area contributed by atoms with E-state index in [2.05, 4.69) is 71.8 Å². The number of nitrogens with zero attached hydrogens (tertiary/aromatic N) is 1. The molecule has 30 heavy (non-hydrogen) atoms. The summed E-state index contributed by atoms with van der Waals surface area (Å²) < 4.78 is 0. The zero-order valence-corrected chi connectivity index (χ0v) is 17.7. The Balaban J connectivity index is 1.66. The summed E-state index contributed by atoms with van der Waals surface area (Å²) in [5.41, 5.74) is 7.89. The number of hydrogen-bond acceptors (Lipinski definition) is 3. The van der Waals surface area contributed by atoms with Crippen molar-refractivity contribution in [2.75, 3.05) is 13.1 Å². The van der Waals surface area contributed by atoms with Crippen LogP contribution in [0, 0.1) is 13.8 Å². The smallest absolute Gasteiger partial charge is 0.163 e. The van der Waals surface area contributed by atoms with Crippen LogP contribution in [0.15, 0.2) is 72.9 Å². The molecule has 1 aliphatic heterocycles. The van der Waals surface area contributed by atoms with Gasteiger partial charge >= 0.3 is 0 Å². The molecule has 0 saturated heterocycles. The molecule has 0 fully saturated rings. The molecule has 0 bridgehead atoms. The Bertz CT molecular complexity index is 1070. The molecule has 1 aliphatic rings. The predicted molar refractivity (Wildman–Crippen MR) is 123 cm³/mol. The van der Waals surface area contributed by atoms with Crippen LogP contribution in [0.1, 0.15) is 57.1 Å². The largest absolute Gasteiger partial charge is 0.313 e. The summed E-state index contributed by atoms with van der Waals surface area (Å²) in [7, 11) is 0. The number of pyridine rings is 1. The Hall–Kier alpha value is -3.04. The predicted octanol–water partition coefficient (Wildman–Crippen LogP) is 5.48. The molecule has 0 spiro atoms. The number of ketones is 1. The van der Waals surface area contributed by atoms with Crippen molar-refractivity contribution in [2.24, 2.45) is 0 Å². The molecule has 3 nitrogen and oxygen atoms in total. The molecule has 0 radical (unpaired) electrons. The fourth-order valence-electron chi connectivity index (χ4n) is 4.22. The summed E-state index contributed by atoms with van der Waals surface area (Å²) in [5.74, 6) is 0.183. The van der Waals surface area contributed by atoms with Crippen LogP contribution < -0.4 is 5.32 Å². The van der Waals surface area contributed by atoms with Crippen LogP contribution in [0.5, 0.6) is 0 Å². The van der Waals surface area contributed by atoms with E-state index in [1.165, 1.54) is 27.8 Å².